The first-order valence-electron chi connectivity index (χ1n) is 7.02. The Bertz CT molecular complexity index is 734. The van der Waals surface area contributed by atoms with Crippen LogP contribution in [0.1, 0.15) is 10.4 Å². The van der Waals surface area contributed by atoms with Gasteiger partial charge in [0.1, 0.15) is 0 Å². The van der Waals surface area contributed by atoms with Gasteiger partial charge in [0.15, 0.2) is 6.61 Å². The van der Waals surface area contributed by atoms with Crippen molar-refractivity contribution in [1.29, 1.82) is 0 Å². The van der Waals surface area contributed by atoms with Gasteiger partial charge >= 0.3 is 11.7 Å². The maximum atomic E-state index is 12.4. The van der Waals surface area contributed by atoms with E-state index in [4.69, 9.17) is 4.74 Å². The Hall–Kier alpha value is -2.55. The summed E-state index contributed by atoms with van der Waals surface area (Å²) in [7, 11) is -4.73. The molecule has 0 fully saturated rings. The Morgan fingerprint density at radius 2 is 1.64 bits per heavy atom. The molecule has 0 saturated carbocycles. The fraction of sp³-hybridized carbons (Fsp3) is 0.250. The first kappa shape index (κ1) is 20.5. The molecule has 1 aromatic rings. The van der Waals surface area contributed by atoms with Gasteiger partial charge < -0.3 is 9.64 Å². The molecule has 0 aromatic heterocycles. The molecule has 25 heavy (non-hydrogen) atoms. The van der Waals surface area contributed by atoms with E-state index in [9.17, 15) is 26.8 Å². The quantitative estimate of drug-likeness (QED) is 0.489. The van der Waals surface area contributed by atoms with Crippen molar-refractivity contribution in [2.24, 2.45) is 0 Å². The van der Waals surface area contributed by atoms with Crippen molar-refractivity contribution < 1.29 is 31.5 Å². The first-order chi connectivity index (χ1) is 11.7. The summed E-state index contributed by atoms with van der Waals surface area (Å²) in [5.74, 6) is -4.90. The number of alkyl halides is 2. The van der Waals surface area contributed by atoms with Gasteiger partial charge in [0.25, 0.3) is 5.91 Å². The lowest BCUT2D eigenvalue weighted by Gasteiger charge is -2.18. The van der Waals surface area contributed by atoms with Gasteiger partial charge in [-0.15, -0.1) is 13.2 Å². The fourth-order valence-corrected chi connectivity index (χ4v) is 2.50. The number of hydrogen-bond donors (Lipinski definition) is 0. The minimum Gasteiger partial charge on any atom is -0.452 e. The number of amides is 1. The van der Waals surface area contributed by atoms with Crippen LogP contribution in [-0.2, 0) is 19.4 Å². The third-order valence-corrected chi connectivity index (χ3v) is 4.43. The summed E-state index contributed by atoms with van der Waals surface area (Å²) in [6, 6.07) is 3.82. The van der Waals surface area contributed by atoms with Gasteiger partial charge in [0.05, 0.1) is 10.5 Å². The van der Waals surface area contributed by atoms with E-state index in [2.05, 4.69) is 13.2 Å². The Morgan fingerprint density at radius 3 is 2.08 bits per heavy atom. The predicted octanol–water partition coefficient (Wildman–Crippen LogP) is 2.04. The molecule has 0 radical (unpaired) electrons. The fourth-order valence-electron chi connectivity index (χ4n) is 1.78. The van der Waals surface area contributed by atoms with Crippen molar-refractivity contribution in [3.63, 3.8) is 0 Å². The van der Waals surface area contributed by atoms with Crippen LogP contribution in [0.5, 0.6) is 0 Å². The molecule has 0 spiro atoms. The summed E-state index contributed by atoms with van der Waals surface area (Å²) in [4.78, 5) is 24.5. The first-order valence-corrected chi connectivity index (χ1v) is 8.57. The number of hydrogen-bond acceptors (Lipinski definition) is 5. The van der Waals surface area contributed by atoms with Gasteiger partial charge in [-0.2, -0.15) is 8.78 Å². The number of nitrogens with zero attached hydrogens (tertiary/aromatic N) is 1. The highest BCUT2D eigenvalue weighted by atomic mass is 32.2. The van der Waals surface area contributed by atoms with E-state index in [-0.39, 0.29) is 18.7 Å². The third-order valence-electron chi connectivity index (χ3n) is 3.03. The Balaban J connectivity index is 2.74. The van der Waals surface area contributed by atoms with E-state index in [1.807, 2.05) is 0 Å². The highest BCUT2D eigenvalue weighted by Crippen LogP contribution is 2.18. The van der Waals surface area contributed by atoms with E-state index in [0.29, 0.717) is 0 Å². The lowest BCUT2D eigenvalue weighted by molar-refractivity contribution is -0.133. The maximum absolute atomic E-state index is 12.4. The van der Waals surface area contributed by atoms with E-state index < -0.39 is 39.0 Å². The molecular weight excluding hydrogens is 356 g/mol. The summed E-state index contributed by atoms with van der Waals surface area (Å²) in [6.45, 7) is 6.99. The SMILES string of the molecule is C=CCN(CC=C)C(=O)COC(=O)c1ccc(S(=O)(=O)C(F)F)cc1. The number of benzene rings is 1. The second kappa shape index (κ2) is 9.07. The summed E-state index contributed by atoms with van der Waals surface area (Å²) in [6.07, 6.45) is 3.01. The molecule has 0 aliphatic heterocycles. The van der Waals surface area contributed by atoms with Crippen LogP contribution in [0.4, 0.5) is 8.78 Å². The zero-order valence-corrected chi connectivity index (χ0v) is 14.0. The molecule has 0 N–H and O–H groups in total. The van der Waals surface area contributed by atoms with Crippen LogP contribution in [0, 0.1) is 0 Å². The van der Waals surface area contributed by atoms with E-state index >= 15 is 0 Å². The van der Waals surface area contributed by atoms with Gasteiger partial charge in [-0.05, 0) is 24.3 Å². The van der Waals surface area contributed by atoms with Crippen LogP contribution in [0.2, 0.25) is 0 Å². The third kappa shape index (κ3) is 5.49. The summed E-state index contributed by atoms with van der Waals surface area (Å²) in [5, 5.41) is 0. The van der Waals surface area contributed by atoms with Crippen LogP contribution in [0.3, 0.4) is 0 Å². The average Bonchev–Trinajstić information content (AvgIpc) is 2.59. The van der Waals surface area contributed by atoms with Crippen molar-refractivity contribution in [3.05, 3.63) is 55.1 Å². The Labute approximate surface area is 144 Å². The second-order valence-electron chi connectivity index (χ2n) is 4.78. The van der Waals surface area contributed by atoms with Gasteiger partial charge in [-0.25, -0.2) is 13.2 Å². The number of ether oxygens (including phenoxy) is 1. The van der Waals surface area contributed by atoms with Gasteiger partial charge in [0, 0.05) is 13.1 Å². The van der Waals surface area contributed by atoms with Crippen LogP contribution in [0.25, 0.3) is 0 Å². The number of sulfone groups is 1. The molecule has 1 aromatic carbocycles. The molecule has 0 aliphatic rings. The van der Waals surface area contributed by atoms with Crippen LogP contribution in [-0.4, -0.2) is 50.6 Å². The van der Waals surface area contributed by atoms with Crippen LogP contribution < -0.4 is 0 Å². The molecule has 6 nitrogen and oxygen atoms in total. The molecule has 0 atom stereocenters. The average molecular weight is 373 g/mol. The predicted molar refractivity (Wildman–Crippen MR) is 86.9 cm³/mol. The standard InChI is InChI=1S/C16H17F2NO5S/c1-3-9-19(10-4-2)14(20)11-24-15(21)12-5-7-13(8-6-12)25(22,23)16(17)18/h3-8,16H,1-2,9-11H2. The lowest BCUT2D eigenvalue weighted by atomic mass is 10.2. The Morgan fingerprint density at radius 1 is 1.12 bits per heavy atom. The maximum Gasteiger partial charge on any atom is 0.341 e. The number of carbonyl (C=O) groups is 2. The summed E-state index contributed by atoms with van der Waals surface area (Å²) in [5.41, 5.74) is -0.0694. The normalized spacial score (nSPS) is 11.0. The Kier molecular flexibility index (Phi) is 7.43. The van der Waals surface area contributed by atoms with Crippen molar-refractivity contribution in [2.75, 3.05) is 19.7 Å². The summed E-state index contributed by atoms with van der Waals surface area (Å²) < 4.78 is 52.3. The van der Waals surface area contributed by atoms with Crippen molar-refractivity contribution in [3.8, 4) is 0 Å². The highest BCUT2D eigenvalue weighted by molar-refractivity contribution is 7.91. The van der Waals surface area contributed by atoms with Crippen molar-refractivity contribution in [2.45, 2.75) is 10.7 Å². The number of rotatable bonds is 9. The molecule has 0 bridgehead atoms. The molecule has 0 heterocycles. The van der Waals surface area contributed by atoms with E-state index in [0.717, 1.165) is 24.3 Å². The smallest absolute Gasteiger partial charge is 0.341 e. The number of carbonyl (C=O) groups excluding carboxylic acids is 2. The lowest BCUT2D eigenvalue weighted by Crippen LogP contribution is -2.35. The zero-order valence-electron chi connectivity index (χ0n) is 13.2. The minimum atomic E-state index is -4.73. The highest BCUT2D eigenvalue weighted by Gasteiger charge is 2.26. The van der Waals surface area contributed by atoms with Crippen LogP contribution >= 0.6 is 0 Å². The molecule has 0 saturated heterocycles. The van der Waals surface area contributed by atoms with Gasteiger partial charge in [-0.3, -0.25) is 4.79 Å². The summed E-state index contributed by atoms with van der Waals surface area (Å²) >= 11 is 0. The number of esters is 1. The second-order valence-corrected chi connectivity index (χ2v) is 6.70. The monoisotopic (exact) mass is 373 g/mol. The van der Waals surface area contributed by atoms with Crippen molar-refractivity contribution in [1.82, 2.24) is 4.90 Å². The molecule has 136 valence electrons. The molecule has 9 heteroatoms. The molecule has 1 rings (SSSR count). The topological polar surface area (TPSA) is 80.8 Å². The zero-order chi connectivity index (χ0) is 19.0. The molecular formula is C16H17F2NO5S. The van der Waals surface area contributed by atoms with Crippen molar-refractivity contribution >= 4 is 21.7 Å². The molecule has 0 aliphatic carbocycles. The van der Waals surface area contributed by atoms with E-state index in [1.165, 1.54) is 17.1 Å². The van der Waals surface area contributed by atoms with Gasteiger partial charge in [-0.1, -0.05) is 12.2 Å². The largest absolute Gasteiger partial charge is 0.452 e. The number of halogens is 2. The van der Waals surface area contributed by atoms with E-state index in [1.54, 1.807) is 0 Å². The minimum absolute atomic E-state index is 0.0694. The molecule has 0 unspecified atom stereocenters. The molecule has 1 amide bonds. The van der Waals surface area contributed by atoms with Crippen LogP contribution in [0.15, 0.2) is 54.5 Å². The van der Waals surface area contributed by atoms with Gasteiger partial charge in [0.2, 0.25) is 9.84 Å².